The van der Waals surface area contributed by atoms with Crippen LogP contribution in [0.15, 0.2) is 34.9 Å². The summed E-state index contributed by atoms with van der Waals surface area (Å²) in [5, 5.41) is 17.8. The van der Waals surface area contributed by atoms with Crippen LogP contribution in [0.5, 0.6) is 0 Å². The van der Waals surface area contributed by atoms with Gasteiger partial charge in [-0.2, -0.15) is 0 Å². The molecule has 2 aromatic heterocycles. The second kappa shape index (κ2) is 11.1. The third kappa shape index (κ3) is 5.86. The Balaban J connectivity index is 1.38. The van der Waals surface area contributed by atoms with Crippen molar-refractivity contribution in [2.45, 2.75) is 44.9 Å². The number of nitrogens with one attached hydrogen (secondary N) is 1. The highest BCUT2D eigenvalue weighted by molar-refractivity contribution is 7.92. The SMILES string of the molecule is O=S(=O)(CCO)Nc1ccc2c(c1)N1CCC(CCCC3CCCN(C3)c3nccc(n3)-c3nnc-2o3)CC1. The predicted octanol–water partition coefficient (Wildman–Crippen LogP) is 3.54. The zero-order chi connectivity index (χ0) is 26.8. The van der Waals surface area contributed by atoms with E-state index in [0.717, 1.165) is 56.7 Å². The first kappa shape index (κ1) is 26.0. The Hall–Kier alpha value is -3.25. The van der Waals surface area contributed by atoms with Gasteiger partial charge in [0.15, 0.2) is 0 Å². The summed E-state index contributed by atoms with van der Waals surface area (Å²) in [5.41, 5.74) is 2.61. The Morgan fingerprint density at radius 2 is 1.74 bits per heavy atom. The van der Waals surface area contributed by atoms with E-state index >= 15 is 0 Å². The number of hydrogen-bond acceptors (Lipinski definition) is 10. The summed E-state index contributed by atoms with van der Waals surface area (Å²) in [6.07, 6.45) is 10.0. The van der Waals surface area contributed by atoms with E-state index in [-0.39, 0.29) is 5.75 Å². The maximum absolute atomic E-state index is 12.3. The number of piperidine rings is 2. The minimum atomic E-state index is -3.66. The van der Waals surface area contributed by atoms with Gasteiger partial charge in [-0.3, -0.25) is 4.72 Å². The van der Waals surface area contributed by atoms with Crippen LogP contribution in [-0.2, 0) is 10.0 Å². The molecule has 7 rings (SSSR count). The number of sulfonamides is 1. The molecule has 0 spiro atoms. The molecule has 4 aliphatic heterocycles. The van der Waals surface area contributed by atoms with Gasteiger partial charge in [-0.25, -0.2) is 18.4 Å². The number of aliphatic hydroxyl groups excluding tert-OH is 1. The fraction of sp³-hybridized carbons (Fsp3) is 0.556. The molecule has 2 fully saturated rings. The van der Waals surface area contributed by atoms with Crippen LogP contribution in [0, 0.1) is 11.8 Å². The third-order valence-corrected chi connectivity index (χ3v) is 9.40. The van der Waals surface area contributed by atoms with E-state index in [0.29, 0.717) is 40.9 Å². The Morgan fingerprint density at radius 1 is 0.949 bits per heavy atom. The average molecular weight is 554 g/mol. The molecule has 4 aliphatic rings. The summed E-state index contributed by atoms with van der Waals surface area (Å²) in [6, 6.07) is 7.11. The fourth-order valence-corrected chi connectivity index (χ4v) is 6.91. The first-order valence-electron chi connectivity index (χ1n) is 13.9. The van der Waals surface area contributed by atoms with Crippen molar-refractivity contribution < 1.29 is 17.9 Å². The van der Waals surface area contributed by atoms with E-state index in [2.05, 4.69) is 29.7 Å². The molecule has 39 heavy (non-hydrogen) atoms. The lowest BCUT2D eigenvalue weighted by atomic mass is 9.87. The third-order valence-electron chi connectivity index (χ3n) is 8.13. The van der Waals surface area contributed by atoms with E-state index in [9.17, 15) is 8.42 Å². The lowest BCUT2D eigenvalue weighted by Crippen LogP contribution is -2.36. The van der Waals surface area contributed by atoms with Crippen molar-refractivity contribution in [1.82, 2.24) is 20.2 Å². The Labute approximate surface area is 228 Å². The largest absolute Gasteiger partial charge is 0.415 e. The van der Waals surface area contributed by atoms with Crippen molar-refractivity contribution in [3.8, 4) is 23.0 Å². The van der Waals surface area contributed by atoms with Crippen LogP contribution in [0.3, 0.4) is 0 Å². The molecule has 1 atom stereocenters. The number of fused-ring (bicyclic) bond motifs is 4. The number of aromatic nitrogens is 4. The molecule has 11 nitrogen and oxygen atoms in total. The van der Waals surface area contributed by atoms with Crippen LogP contribution in [0.1, 0.15) is 44.9 Å². The van der Waals surface area contributed by atoms with Crippen LogP contribution in [0.25, 0.3) is 23.0 Å². The van der Waals surface area contributed by atoms with Gasteiger partial charge in [0, 0.05) is 32.4 Å². The number of hydrogen-bond donors (Lipinski definition) is 2. The molecule has 1 unspecified atom stereocenters. The van der Waals surface area contributed by atoms with Gasteiger partial charge in [-0.05, 0) is 68.2 Å². The fourth-order valence-electron chi connectivity index (χ4n) is 6.08. The molecule has 12 heteroatoms. The number of benzene rings is 1. The molecular formula is C27H35N7O4S. The maximum atomic E-state index is 12.3. The van der Waals surface area contributed by atoms with Crippen LogP contribution >= 0.6 is 0 Å². The van der Waals surface area contributed by atoms with Crippen molar-refractivity contribution in [1.29, 1.82) is 0 Å². The minimum Gasteiger partial charge on any atom is -0.415 e. The van der Waals surface area contributed by atoms with Gasteiger partial charge in [0.25, 0.3) is 5.89 Å². The molecule has 3 aromatic rings. The van der Waals surface area contributed by atoms with Crippen molar-refractivity contribution in [3.05, 3.63) is 30.5 Å². The summed E-state index contributed by atoms with van der Waals surface area (Å²) < 4.78 is 33.4. The van der Waals surface area contributed by atoms with Crippen LogP contribution in [0.2, 0.25) is 0 Å². The number of nitrogens with zero attached hydrogens (tertiary/aromatic N) is 6. The highest BCUT2D eigenvalue weighted by Gasteiger charge is 2.27. The summed E-state index contributed by atoms with van der Waals surface area (Å²) in [7, 11) is -3.66. The van der Waals surface area contributed by atoms with E-state index in [1.54, 1.807) is 18.3 Å². The zero-order valence-electron chi connectivity index (χ0n) is 22.0. The van der Waals surface area contributed by atoms with E-state index in [1.165, 1.54) is 25.7 Å². The topological polar surface area (TPSA) is 138 Å². The van der Waals surface area contributed by atoms with Crippen molar-refractivity contribution in [2.75, 3.05) is 53.1 Å². The average Bonchev–Trinajstić information content (AvgIpc) is 3.43. The first-order valence-corrected chi connectivity index (χ1v) is 15.6. The minimum absolute atomic E-state index is 0.320. The molecule has 6 heterocycles. The molecule has 0 saturated carbocycles. The maximum Gasteiger partial charge on any atom is 0.266 e. The van der Waals surface area contributed by atoms with Crippen molar-refractivity contribution >= 4 is 27.3 Å². The Bertz CT molecular complexity index is 1400. The number of aliphatic hydroxyl groups is 1. The van der Waals surface area contributed by atoms with Gasteiger partial charge in [0.2, 0.25) is 21.9 Å². The normalized spacial score (nSPS) is 21.7. The molecule has 208 valence electrons. The summed E-state index contributed by atoms with van der Waals surface area (Å²) in [4.78, 5) is 13.9. The van der Waals surface area contributed by atoms with Gasteiger partial charge in [-0.1, -0.05) is 12.8 Å². The Morgan fingerprint density at radius 3 is 2.59 bits per heavy atom. The van der Waals surface area contributed by atoms with Gasteiger partial charge in [0.1, 0.15) is 5.69 Å². The van der Waals surface area contributed by atoms with E-state index in [4.69, 9.17) is 14.5 Å². The van der Waals surface area contributed by atoms with E-state index < -0.39 is 16.6 Å². The number of rotatable bonds is 4. The van der Waals surface area contributed by atoms with Crippen molar-refractivity contribution in [2.24, 2.45) is 11.8 Å². The lowest BCUT2D eigenvalue weighted by molar-refractivity contribution is 0.320. The zero-order valence-corrected chi connectivity index (χ0v) is 22.8. The van der Waals surface area contributed by atoms with Crippen LogP contribution < -0.4 is 14.5 Å². The van der Waals surface area contributed by atoms with Gasteiger partial charge >= 0.3 is 0 Å². The predicted molar refractivity (Wildman–Crippen MR) is 149 cm³/mol. The second-order valence-electron chi connectivity index (χ2n) is 10.8. The molecule has 0 amide bonds. The summed E-state index contributed by atoms with van der Waals surface area (Å²) in [5.74, 6) is 2.35. The van der Waals surface area contributed by atoms with Crippen LogP contribution in [0.4, 0.5) is 17.3 Å². The molecule has 1 aromatic carbocycles. The van der Waals surface area contributed by atoms with E-state index in [1.807, 2.05) is 12.1 Å². The highest BCUT2D eigenvalue weighted by atomic mass is 32.2. The monoisotopic (exact) mass is 553 g/mol. The van der Waals surface area contributed by atoms with Gasteiger partial charge in [-0.15, -0.1) is 10.2 Å². The first-order chi connectivity index (χ1) is 19.0. The molecular weight excluding hydrogens is 518 g/mol. The van der Waals surface area contributed by atoms with Gasteiger partial charge in [0.05, 0.1) is 29.3 Å². The second-order valence-corrected chi connectivity index (χ2v) is 12.7. The van der Waals surface area contributed by atoms with Crippen molar-refractivity contribution in [3.63, 3.8) is 0 Å². The van der Waals surface area contributed by atoms with Gasteiger partial charge < -0.3 is 19.3 Å². The molecule has 2 N–H and O–H groups in total. The molecule has 8 bridgehead atoms. The Kier molecular flexibility index (Phi) is 7.39. The number of anilines is 3. The quantitative estimate of drug-likeness (QED) is 0.493. The summed E-state index contributed by atoms with van der Waals surface area (Å²) in [6.45, 7) is 3.23. The molecule has 0 aliphatic carbocycles. The summed E-state index contributed by atoms with van der Waals surface area (Å²) >= 11 is 0. The molecule has 2 saturated heterocycles. The highest BCUT2D eigenvalue weighted by Crippen LogP contribution is 2.37. The standard InChI is InChI=1S/C27H35N7O4S/c35-15-16-39(36,37)32-21-6-7-22-24(17-21)33-13-9-19(10-14-33)3-1-4-20-5-2-12-34(18-20)27-28-11-8-23(29-27)26-31-30-25(22)38-26/h6-8,11,17,19-20,32,35H,1-5,9-10,12-16,18H2. The molecule has 0 radical (unpaired) electrons. The van der Waals surface area contributed by atoms with Crippen LogP contribution in [-0.4, -0.2) is 72.2 Å². The lowest BCUT2D eigenvalue weighted by Gasteiger charge is -2.35. The smallest absolute Gasteiger partial charge is 0.266 e.